The average Bonchev–Trinajstić information content (AvgIpc) is 2.42. The van der Waals surface area contributed by atoms with Gasteiger partial charge in [0.1, 0.15) is 0 Å². The Hall–Kier alpha value is -2.22. The summed E-state index contributed by atoms with van der Waals surface area (Å²) in [6.45, 7) is 3.82. The van der Waals surface area contributed by atoms with E-state index in [0.29, 0.717) is 0 Å². The topological polar surface area (TPSA) is 25.2 Å². The molecule has 1 unspecified atom stereocenters. The van der Waals surface area contributed by atoms with E-state index in [2.05, 4.69) is 16.6 Å². The van der Waals surface area contributed by atoms with Gasteiger partial charge in [0.25, 0.3) is 0 Å². The van der Waals surface area contributed by atoms with Gasteiger partial charge in [0.15, 0.2) is 0 Å². The van der Waals surface area contributed by atoms with Gasteiger partial charge in [-0.05, 0) is 17.7 Å². The van der Waals surface area contributed by atoms with E-state index < -0.39 is 0 Å². The lowest BCUT2D eigenvalue weighted by atomic mass is 10.1. The van der Waals surface area contributed by atoms with Crippen LogP contribution < -0.4 is 0 Å². The zero-order valence-corrected chi connectivity index (χ0v) is 9.53. The van der Waals surface area contributed by atoms with Crippen molar-refractivity contribution in [3.8, 4) is 0 Å². The van der Waals surface area contributed by atoms with Crippen molar-refractivity contribution in [1.29, 1.82) is 0 Å². The number of aliphatic imine (C=N–C) groups is 1. The van der Waals surface area contributed by atoms with Crippen molar-refractivity contribution in [1.82, 2.24) is 4.98 Å². The first-order valence-electron chi connectivity index (χ1n) is 5.52. The molecule has 0 saturated carbocycles. The Morgan fingerprint density at radius 3 is 2.47 bits per heavy atom. The molecule has 0 amide bonds. The summed E-state index contributed by atoms with van der Waals surface area (Å²) in [5, 5.41) is 0. The van der Waals surface area contributed by atoms with Crippen LogP contribution >= 0.6 is 0 Å². The fraction of sp³-hybridized carbons (Fsp3) is 0.0667. The van der Waals surface area contributed by atoms with Crippen LogP contribution in [0.5, 0.6) is 0 Å². The summed E-state index contributed by atoms with van der Waals surface area (Å²) < 4.78 is 0. The molecule has 0 spiro atoms. The Kier molecular flexibility index (Phi) is 3.81. The minimum atomic E-state index is -0.0155. The van der Waals surface area contributed by atoms with E-state index in [0.717, 1.165) is 11.3 Å². The van der Waals surface area contributed by atoms with Gasteiger partial charge in [-0.1, -0.05) is 42.5 Å². The van der Waals surface area contributed by atoms with Gasteiger partial charge in [-0.2, -0.15) is 0 Å². The van der Waals surface area contributed by atoms with Crippen LogP contribution in [0.15, 0.2) is 72.4 Å². The lowest BCUT2D eigenvalue weighted by molar-refractivity contribution is 0.920. The Balaban J connectivity index is 2.16. The minimum Gasteiger partial charge on any atom is -0.279 e. The Labute approximate surface area is 101 Å². The molecule has 1 aromatic heterocycles. The number of hydrogen-bond donors (Lipinski definition) is 0. The molecule has 1 atom stereocenters. The summed E-state index contributed by atoms with van der Waals surface area (Å²) in [6.07, 6.45) is 5.36. The van der Waals surface area contributed by atoms with Gasteiger partial charge in [0, 0.05) is 12.4 Å². The zero-order chi connectivity index (χ0) is 11.9. The van der Waals surface area contributed by atoms with Crippen LogP contribution in [0.2, 0.25) is 0 Å². The molecule has 17 heavy (non-hydrogen) atoms. The molecule has 2 heteroatoms. The number of rotatable bonds is 4. The molecule has 0 aliphatic heterocycles. The van der Waals surface area contributed by atoms with Gasteiger partial charge in [-0.15, -0.1) is 6.58 Å². The summed E-state index contributed by atoms with van der Waals surface area (Å²) in [7, 11) is 0. The third-order valence-corrected chi connectivity index (χ3v) is 2.42. The first-order valence-corrected chi connectivity index (χ1v) is 5.52. The average molecular weight is 222 g/mol. The second-order valence-electron chi connectivity index (χ2n) is 3.62. The van der Waals surface area contributed by atoms with E-state index in [4.69, 9.17) is 0 Å². The zero-order valence-electron chi connectivity index (χ0n) is 9.53. The van der Waals surface area contributed by atoms with Crippen LogP contribution in [0.1, 0.15) is 17.3 Å². The van der Waals surface area contributed by atoms with E-state index in [1.54, 1.807) is 12.4 Å². The Morgan fingerprint density at radius 1 is 1.06 bits per heavy atom. The molecule has 1 heterocycles. The minimum absolute atomic E-state index is 0.0155. The van der Waals surface area contributed by atoms with Gasteiger partial charge >= 0.3 is 0 Å². The lowest BCUT2D eigenvalue weighted by Gasteiger charge is -2.06. The smallest absolute Gasteiger partial charge is 0.0928 e. The SMILES string of the molecule is C=CC(N=Cc1ccccn1)c1ccccc1. The van der Waals surface area contributed by atoms with E-state index in [-0.39, 0.29) is 6.04 Å². The quantitative estimate of drug-likeness (QED) is 0.574. The van der Waals surface area contributed by atoms with Gasteiger partial charge in [0.2, 0.25) is 0 Å². The molecule has 84 valence electrons. The van der Waals surface area contributed by atoms with Crippen LogP contribution in [-0.4, -0.2) is 11.2 Å². The van der Waals surface area contributed by atoms with Crippen molar-refractivity contribution in [2.45, 2.75) is 6.04 Å². The first kappa shape index (κ1) is 11.3. The fourth-order valence-electron chi connectivity index (χ4n) is 1.54. The fourth-order valence-corrected chi connectivity index (χ4v) is 1.54. The third kappa shape index (κ3) is 3.11. The molecule has 0 saturated heterocycles. The summed E-state index contributed by atoms with van der Waals surface area (Å²) in [6, 6.07) is 15.8. The molecular formula is C15H14N2. The highest BCUT2D eigenvalue weighted by Gasteiger charge is 2.02. The summed E-state index contributed by atoms with van der Waals surface area (Å²) in [5.74, 6) is 0. The predicted molar refractivity (Wildman–Crippen MR) is 71.2 cm³/mol. The van der Waals surface area contributed by atoms with Crippen molar-refractivity contribution in [2.75, 3.05) is 0 Å². The second-order valence-corrected chi connectivity index (χ2v) is 3.62. The van der Waals surface area contributed by atoms with Crippen LogP contribution in [0.25, 0.3) is 0 Å². The van der Waals surface area contributed by atoms with Gasteiger partial charge in [-0.25, -0.2) is 0 Å². The molecule has 0 fully saturated rings. The number of aromatic nitrogens is 1. The van der Waals surface area contributed by atoms with E-state index >= 15 is 0 Å². The van der Waals surface area contributed by atoms with Crippen LogP contribution in [0.3, 0.4) is 0 Å². The van der Waals surface area contributed by atoms with Crippen molar-refractivity contribution < 1.29 is 0 Å². The number of nitrogens with zero attached hydrogens (tertiary/aromatic N) is 2. The maximum absolute atomic E-state index is 4.48. The van der Waals surface area contributed by atoms with Crippen molar-refractivity contribution in [3.63, 3.8) is 0 Å². The predicted octanol–water partition coefficient (Wildman–Crippen LogP) is 3.43. The highest BCUT2D eigenvalue weighted by molar-refractivity contribution is 5.77. The van der Waals surface area contributed by atoms with Crippen LogP contribution in [-0.2, 0) is 0 Å². The van der Waals surface area contributed by atoms with Gasteiger partial charge < -0.3 is 0 Å². The normalized spacial score (nSPS) is 12.5. The van der Waals surface area contributed by atoms with Crippen molar-refractivity contribution in [3.05, 3.63) is 78.6 Å². The standard InChI is InChI=1S/C15H14N2/c1-2-15(13-8-4-3-5-9-13)17-12-14-10-6-7-11-16-14/h2-12,15H,1H2. The molecule has 0 aliphatic carbocycles. The maximum atomic E-state index is 4.48. The molecule has 1 aromatic carbocycles. The van der Waals surface area contributed by atoms with Crippen molar-refractivity contribution in [2.24, 2.45) is 4.99 Å². The monoisotopic (exact) mass is 222 g/mol. The van der Waals surface area contributed by atoms with E-state index in [1.165, 1.54) is 0 Å². The molecular weight excluding hydrogens is 208 g/mol. The molecule has 2 rings (SSSR count). The third-order valence-electron chi connectivity index (χ3n) is 2.42. The first-order chi connectivity index (χ1) is 8.40. The summed E-state index contributed by atoms with van der Waals surface area (Å²) in [4.78, 5) is 8.67. The number of benzene rings is 1. The van der Waals surface area contributed by atoms with E-state index in [9.17, 15) is 0 Å². The highest BCUT2D eigenvalue weighted by Crippen LogP contribution is 2.17. The Morgan fingerprint density at radius 2 is 1.82 bits per heavy atom. The van der Waals surface area contributed by atoms with Crippen LogP contribution in [0, 0.1) is 0 Å². The van der Waals surface area contributed by atoms with E-state index in [1.807, 2.05) is 54.6 Å². The molecule has 2 aromatic rings. The highest BCUT2D eigenvalue weighted by atomic mass is 14.8. The van der Waals surface area contributed by atoms with Crippen LogP contribution in [0.4, 0.5) is 0 Å². The summed E-state index contributed by atoms with van der Waals surface area (Å²) in [5.41, 5.74) is 1.99. The second kappa shape index (κ2) is 5.75. The van der Waals surface area contributed by atoms with Crippen molar-refractivity contribution >= 4 is 6.21 Å². The lowest BCUT2D eigenvalue weighted by Crippen LogP contribution is -1.93. The van der Waals surface area contributed by atoms with Gasteiger partial charge in [-0.3, -0.25) is 9.98 Å². The molecule has 2 nitrogen and oxygen atoms in total. The largest absolute Gasteiger partial charge is 0.279 e. The molecule has 0 N–H and O–H groups in total. The molecule has 0 radical (unpaired) electrons. The molecule has 0 bridgehead atoms. The maximum Gasteiger partial charge on any atom is 0.0928 e. The summed E-state index contributed by atoms with van der Waals surface area (Å²) >= 11 is 0. The number of hydrogen-bond acceptors (Lipinski definition) is 2. The van der Waals surface area contributed by atoms with Gasteiger partial charge in [0.05, 0.1) is 11.7 Å². The molecule has 0 aliphatic rings. The number of pyridine rings is 1. The Bertz CT molecular complexity index is 489.